The Morgan fingerprint density at radius 1 is 1.25 bits per heavy atom. The summed E-state index contributed by atoms with van der Waals surface area (Å²) in [6.45, 7) is 4.17. The third-order valence-corrected chi connectivity index (χ3v) is 4.24. The van der Waals surface area contributed by atoms with E-state index in [1.54, 1.807) is 6.92 Å². The molecule has 1 aromatic heterocycles. The second-order valence-electron chi connectivity index (χ2n) is 4.05. The van der Waals surface area contributed by atoms with Crippen LogP contribution in [0.5, 0.6) is 0 Å². The lowest BCUT2D eigenvalue weighted by molar-refractivity contribution is -0.384. The second kappa shape index (κ2) is 7.04. The number of nitrogens with zero attached hydrogens (tertiary/aromatic N) is 2. The summed E-state index contributed by atoms with van der Waals surface area (Å²) in [5.41, 5.74) is -0.100. The predicted octanol–water partition coefficient (Wildman–Crippen LogP) is 1.27. The van der Waals surface area contributed by atoms with Crippen LogP contribution in [0.3, 0.4) is 0 Å². The monoisotopic (exact) mass is 302 g/mol. The Balaban J connectivity index is 2.81. The molecule has 0 saturated carbocycles. The van der Waals surface area contributed by atoms with Crippen LogP contribution in [-0.2, 0) is 9.84 Å². The molecule has 112 valence electrons. The summed E-state index contributed by atoms with van der Waals surface area (Å²) in [6, 6.07) is 2.61. The normalized spacial score (nSPS) is 11.1. The smallest absolute Gasteiger partial charge is 0.276 e. The van der Waals surface area contributed by atoms with Crippen molar-refractivity contribution in [3.05, 3.63) is 22.2 Å². The van der Waals surface area contributed by atoms with Crippen LogP contribution in [0.25, 0.3) is 0 Å². The molecule has 8 nitrogen and oxygen atoms in total. The minimum absolute atomic E-state index is 0.0373. The molecule has 1 heterocycles. The van der Waals surface area contributed by atoms with Crippen molar-refractivity contribution < 1.29 is 13.3 Å². The van der Waals surface area contributed by atoms with Gasteiger partial charge in [0.25, 0.3) is 5.69 Å². The van der Waals surface area contributed by atoms with E-state index in [1.807, 2.05) is 6.92 Å². The maximum atomic E-state index is 11.4. The first kappa shape index (κ1) is 16.2. The third-order valence-electron chi connectivity index (χ3n) is 2.54. The summed E-state index contributed by atoms with van der Waals surface area (Å²) in [5.74, 6) is 0.688. The zero-order valence-corrected chi connectivity index (χ0v) is 12.2. The van der Waals surface area contributed by atoms with Crippen molar-refractivity contribution in [2.75, 3.05) is 35.2 Å². The first-order chi connectivity index (χ1) is 9.38. The number of nitro groups is 1. The molecule has 2 N–H and O–H groups in total. The first-order valence-corrected chi connectivity index (χ1v) is 8.04. The SMILES string of the molecule is CCNc1cc([N+](=O)[O-])cc(NCCS(=O)(=O)CC)n1. The van der Waals surface area contributed by atoms with E-state index < -0.39 is 14.8 Å². The van der Waals surface area contributed by atoms with E-state index in [9.17, 15) is 18.5 Å². The zero-order chi connectivity index (χ0) is 15.2. The Kier molecular flexibility index (Phi) is 5.68. The fourth-order valence-corrected chi connectivity index (χ4v) is 2.16. The van der Waals surface area contributed by atoms with Gasteiger partial charge in [-0.1, -0.05) is 6.92 Å². The van der Waals surface area contributed by atoms with Gasteiger partial charge in [0.05, 0.1) is 22.8 Å². The van der Waals surface area contributed by atoms with Crippen molar-refractivity contribution in [2.45, 2.75) is 13.8 Å². The Bertz CT molecular complexity index is 574. The van der Waals surface area contributed by atoms with Crippen LogP contribution in [0, 0.1) is 10.1 Å². The van der Waals surface area contributed by atoms with Crippen LogP contribution in [-0.4, -0.2) is 42.9 Å². The van der Waals surface area contributed by atoms with Crippen LogP contribution in [0.2, 0.25) is 0 Å². The summed E-state index contributed by atoms with van der Waals surface area (Å²) < 4.78 is 22.7. The fourth-order valence-electron chi connectivity index (χ4n) is 1.46. The van der Waals surface area contributed by atoms with Gasteiger partial charge in [0, 0.05) is 18.8 Å². The number of aromatic nitrogens is 1. The maximum Gasteiger partial charge on any atom is 0.276 e. The van der Waals surface area contributed by atoms with Gasteiger partial charge in [-0.2, -0.15) is 0 Å². The average molecular weight is 302 g/mol. The van der Waals surface area contributed by atoms with Crippen LogP contribution < -0.4 is 10.6 Å². The van der Waals surface area contributed by atoms with Crippen molar-refractivity contribution in [1.29, 1.82) is 0 Å². The largest absolute Gasteiger partial charge is 0.370 e. The standard InChI is InChI=1S/C11H18N4O4S/c1-3-12-10-7-9(15(16)17)8-11(14-10)13-5-6-20(18,19)4-2/h7-8H,3-6H2,1-2H3,(H2,12,13,14). The van der Waals surface area contributed by atoms with Crippen LogP contribution in [0.15, 0.2) is 12.1 Å². The third kappa shape index (κ3) is 5.00. The molecule has 0 amide bonds. The highest BCUT2D eigenvalue weighted by molar-refractivity contribution is 7.91. The number of sulfone groups is 1. The van der Waals surface area contributed by atoms with Crippen LogP contribution >= 0.6 is 0 Å². The molecule has 0 aliphatic carbocycles. The van der Waals surface area contributed by atoms with Crippen molar-refractivity contribution in [3.8, 4) is 0 Å². The van der Waals surface area contributed by atoms with Crippen molar-refractivity contribution in [1.82, 2.24) is 4.98 Å². The van der Waals surface area contributed by atoms with Gasteiger partial charge in [-0.05, 0) is 6.92 Å². The predicted molar refractivity (Wildman–Crippen MR) is 77.9 cm³/mol. The molecular weight excluding hydrogens is 284 g/mol. The topological polar surface area (TPSA) is 114 Å². The van der Waals surface area contributed by atoms with Gasteiger partial charge in [0.1, 0.15) is 11.6 Å². The summed E-state index contributed by atoms with van der Waals surface area (Å²) in [5, 5.41) is 16.5. The lowest BCUT2D eigenvalue weighted by atomic mass is 10.3. The van der Waals surface area contributed by atoms with Crippen molar-refractivity contribution >= 4 is 27.2 Å². The minimum Gasteiger partial charge on any atom is -0.370 e. The van der Waals surface area contributed by atoms with E-state index >= 15 is 0 Å². The summed E-state index contributed by atoms with van der Waals surface area (Å²) >= 11 is 0. The molecular formula is C11H18N4O4S. The highest BCUT2D eigenvalue weighted by Gasteiger charge is 2.12. The molecule has 0 bridgehead atoms. The lowest BCUT2D eigenvalue weighted by Crippen LogP contribution is -2.18. The lowest BCUT2D eigenvalue weighted by Gasteiger charge is -2.08. The van der Waals surface area contributed by atoms with Gasteiger partial charge in [0.2, 0.25) is 0 Å². The average Bonchev–Trinajstić information content (AvgIpc) is 2.38. The summed E-state index contributed by atoms with van der Waals surface area (Å²) in [6.07, 6.45) is 0. The number of anilines is 2. The number of hydrogen-bond donors (Lipinski definition) is 2. The molecule has 0 radical (unpaired) electrons. The minimum atomic E-state index is -3.08. The number of pyridine rings is 1. The number of hydrogen-bond acceptors (Lipinski definition) is 7. The quantitative estimate of drug-likeness (QED) is 0.549. The maximum absolute atomic E-state index is 11.4. The first-order valence-electron chi connectivity index (χ1n) is 6.22. The molecule has 0 unspecified atom stereocenters. The highest BCUT2D eigenvalue weighted by Crippen LogP contribution is 2.20. The highest BCUT2D eigenvalue weighted by atomic mass is 32.2. The van der Waals surface area contributed by atoms with Gasteiger partial charge in [-0.15, -0.1) is 0 Å². The molecule has 0 atom stereocenters. The zero-order valence-electron chi connectivity index (χ0n) is 11.4. The molecule has 1 aromatic rings. The van der Waals surface area contributed by atoms with E-state index in [-0.39, 0.29) is 29.6 Å². The van der Waals surface area contributed by atoms with Crippen LogP contribution in [0.1, 0.15) is 13.8 Å². The van der Waals surface area contributed by atoms with Crippen LogP contribution in [0.4, 0.5) is 17.3 Å². The fraction of sp³-hybridized carbons (Fsp3) is 0.545. The molecule has 1 rings (SSSR count). The Hall–Kier alpha value is -1.90. The Labute approximate surface area is 117 Å². The van der Waals surface area contributed by atoms with E-state index in [0.29, 0.717) is 12.4 Å². The molecule has 0 aliphatic rings. The molecule has 0 saturated heterocycles. The second-order valence-corrected chi connectivity index (χ2v) is 6.52. The van der Waals surface area contributed by atoms with Gasteiger partial charge in [-0.3, -0.25) is 10.1 Å². The van der Waals surface area contributed by atoms with Gasteiger partial charge >= 0.3 is 0 Å². The van der Waals surface area contributed by atoms with E-state index in [2.05, 4.69) is 15.6 Å². The molecule has 0 fully saturated rings. The summed E-state index contributed by atoms with van der Waals surface area (Å²) in [4.78, 5) is 14.4. The number of rotatable bonds is 8. The van der Waals surface area contributed by atoms with E-state index in [1.165, 1.54) is 12.1 Å². The molecule has 0 spiro atoms. The molecule has 20 heavy (non-hydrogen) atoms. The Morgan fingerprint density at radius 2 is 1.85 bits per heavy atom. The van der Waals surface area contributed by atoms with Gasteiger partial charge < -0.3 is 10.6 Å². The summed E-state index contributed by atoms with van der Waals surface area (Å²) in [7, 11) is -3.08. The van der Waals surface area contributed by atoms with E-state index in [4.69, 9.17) is 0 Å². The van der Waals surface area contributed by atoms with Crippen molar-refractivity contribution in [3.63, 3.8) is 0 Å². The van der Waals surface area contributed by atoms with Crippen molar-refractivity contribution in [2.24, 2.45) is 0 Å². The molecule has 0 aliphatic heterocycles. The van der Waals surface area contributed by atoms with Gasteiger partial charge in [-0.25, -0.2) is 13.4 Å². The number of nitrogens with one attached hydrogen (secondary N) is 2. The molecule has 0 aromatic carbocycles. The Morgan fingerprint density at radius 3 is 2.35 bits per heavy atom. The molecule has 9 heteroatoms. The van der Waals surface area contributed by atoms with E-state index in [0.717, 1.165) is 0 Å². The van der Waals surface area contributed by atoms with Gasteiger partial charge in [0.15, 0.2) is 9.84 Å².